The van der Waals surface area contributed by atoms with Crippen LogP contribution in [0.5, 0.6) is 0 Å². The van der Waals surface area contributed by atoms with Gasteiger partial charge in [-0.2, -0.15) is 0 Å². The molecule has 1 heterocycles. The summed E-state index contributed by atoms with van der Waals surface area (Å²) in [6.07, 6.45) is 0.185. The molecule has 0 fully saturated rings. The molecule has 0 saturated heterocycles. The molecule has 0 bridgehead atoms. The first-order chi connectivity index (χ1) is 14.3. The number of hydrogen-bond acceptors (Lipinski definition) is 9. The number of carbonyl (C=O) groups excluding carboxylic acids is 1. The molecule has 0 saturated carbocycles. The molecule has 11 nitrogen and oxygen atoms in total. The SMILES string of the molecule is CCOC(=O)Nc1cc(NC/C(=C\O)CN(C)c2ccccc2)c([N+](=O)[O-])c(N)n1. The Bertz CT molecular complexity index is 919. The van der Waals surface area contributed by atoms with Crippen molar-refractivity contribution < 1.29 is 19.6 Å². The zero-order chi connectivity index (χ0) is 22.1. The number of hydrogen-bond donors (Lipinski definition) is 4. The van der Waals surface area contributed by atoms with Crippen molar-refractivity contribution in [3.63, 3.8) is 0 Å². The molecule has 1 amide bonds. The number of carbonyl (C=O) groups is 1. The molecule has 0 aliphatic carbocycles. The number of nitrogens with one attached hydrogen (secondary N) is 2. The number of nitrogens with zero attached hydrogens (tertiary/aromatic N) is 3. The summed E-state index contributed by atoms with van der Waals surface area (Å²) in [6, 6.07) is 10.8. The number of nitro groups is 1. The number of benzene rings is 1. The van der Waals surface area contributed by atoms with Gasteiger partial charge in [0, 0.05) is 37.5 Å². The van der Waals surface area contributed by atoms with Crippen LogP contribution in [0.1, 0.15) is 6.92 Å². The zero-order valence-electron chi connectivity index (χ0n) is 16.7. The summed E-state index contributed by atoms with van der Waals surface area (Å²) in [4.78, 5) is 28.1. The van der Waals surface area contributed by atoms with Gasteiger partial charge in [0.2, 0.25) is 5.82 Å². The topological polar surface area (TPSA) is 156 Å². The Morgan fingerprint density at radius 1 is 1.40 bits per heavy atom. The van der Waals surface area contributed by atoms with Crippen LogP contribution in [-0.4, -0.2) is 47.9 Å². The van der Waals surface area contributed by atoms with Gasteiger partial charge in [0.1, 0.15) is 11.5 Å². The molecule has 2 rings (SSSR count). The van der Waals surface area contributed by atoms with E-state index in [-0.39, 0.29) is 30.5 Å². The van der Waals surface area contributed by atoms with Crippen molar-refractivity contribution in [1.82, 2.24) is 4.98 Å². The van der Waals surface area contributed by atoms with E-state index < -0.39 is 16.7 Å². The number of nitrogen functional groups attached to an aromatic ring is 1. The van der Waals surface area contributed by atoms with Crippen LogP contribution in [0.2, 0.25) is 0 Å². The van der Waals surface area contributed by atoms with Crippen LogP contribution in [-0.2, 0) is 4.74 Å². The minimum absolute atomic E-state index is 0.00465. The van der Waals surface area contributed by atoms with Gasteiger partial charge in [-0.25, -0.2) is 9.78 Å². The van der Waals surface area contributed by atoms with Crippen LogP contribution in [0.3, 0.4) is 0 Å². The molecular formula is C19H24N6O5. The van der Waals surface area contributed by atoms with Crippen molar-refractivity contribution >= 4 is 34.8 Å². The van der Waals surface area contributed by atoms with Crippen molar-refractivity contribution in [2.24, 2.45) is 0 Å². The second-order valence-corrected chi connectivity index (χ2v) is 6.22. The average molecular weight is 416 g/mol. The van der Waals surface area contributed by atoms with E-state index in [1.54, 1.807) is 6.92 Å². The van der Waals surface area contributed by atoms with E-state index in [2.05, 4.69) is 15.6 Å². The standard InChI is InChI=1S/C19H24N6O5/c1-3-30-19(27)23-16-9-15(17(25(28)29)18(20)22-16)21-10-13(12-26)11-24(2)14-7-5-4-6-8-14/h4-9,12,26H,3,10-11H2,1-2H3,(H4,20,21,22,23,27)/b13-12+. The number of para-hydroxylation sites is 1. The van der Waals surface area contributed by atoms with Gasteiger partial charge < -0.3 is 25.8 Å². The smallest absolute Gasteiger partial charge is 0.412 e. The van der Waals surface area contributed by atoms with Gasteiger partial charge >= 0.3 is 11.8 Å². The number of aliphatic hydroxyl groups excluding tert-OH is 1. The first kappa shape index (κ1) is 22.3. The highest BCUT2D eigenvalue weighted by atomic mass is 16.6. The third-order valence-corrected chi connectivity index (χ3v) is 4.03. The molecule has 0 aliphatic heterocycles. The van der Waals surface area contributed by atoms with Gasteiger partial charge in [-0.05, 0) is 19.1 Å². The van der Waals surface area contributed by atoms with E-state index in [0.717, 1.165) is 11.9 Å². The Morgan fingerprint density at radius 2 is 2.10 bits per heavy atom. The number of rotatable bonds is 9. The number of nitrogens with two attached hydrogens (primary N) is 1. The number of aromatic nitrogens is 1. The second kappa shape index (κ2) is 10.5. The van der Waals surface area contributed by atoms with Crippen LogP contribution in [0.15, 0.2) is 48.2 Å². The lowest BCUT2D eigenvalue weighted by atomic mass is 10.2. The summed E-state index contributed by atoms with van der Waals surface area (Å²) >= 11 is 0. The third kappa shape index (κ3) is 5.99. The molecule has 0 atom stereocenters. The molecule has 11 heteroatoms. The van der Waals surface area contributed by atoms with Crippen molar-refractivity contribution in [1.29, 1.82) is 0 Å². The van der Waals surface area contributed by atoms with Gasteiger partial charge in [0.15, 0.2) is 0 Å². The second-order valence-electron chi connectivity index (χ2n) is 6.22. The van der Waals surface area contributed by atoms with Crippen LogP contribution < -0.4 is 21.3 Å². The van der Waals surface area contributed by atoms with Crippen molar-refractivity contribution in [2.75, 3.05) is 48.0 Å². The first-order valence-corrected chi connectivity index (χ1v) is 9.06. The van der Waals surface area contributed by atoms with Crippen LogP contribution in [0, 0.1) is 10.1 Å². The van der Waals surface area contributed by atoms with Crippen molar-refractivity contribution in [3.05, 3.63) is 58.3 Å². The highest BCUT2D eigenvalue weighted by molar-refractivity contribution is 5.86. The Hall–Kier alpha value is -4.02. The van der Waals surface area contributed by atoms with Gasteiger partial charge in [-0.1, -0.05) is 18.2 Å². The Balaban J connectivity index is 2.17. The third-order valence-electron chi connectivity index (χ3n) is 4.03. The van der Waals surface area contributed by atoms with Crippen molar-refractivity contribution in [2.45, 2.75) is 6.92 Å². The quantitative estimate of drug-likeness (QED) is 0.274. The van der Waals surface area contributed by atoms with Gasteiger partial charge in [0.25, 0.3) is 0 Å². The van der Waals surface area contributed by atoms with Crippen LogP contribution >= 0.6 is 0 Å². The van der Waals surface area contributed by atoms with Gasteiger partial charge in [-0.3, -0.25) is 15.4 Å². The lowest BCUT2D eigenvalue weighted by Gasteiger charge is -2.21. The number of anilines is 4. The van der Waals surface area contributed by atoms with E-state index in [4.69, 9.17) is 10.5 Å². The summed E-state index contributed by atoms with van der Waals surface area (Å²) in [5.41, 5.74) is 6.82. The maximum absolute atomic E-state index is 11.6. The summed E-state index contributed by atoms with van der Waals surface area (Å²) in [5.74, 6) is -0.372. The van der Waals surface area contributed by atoms with E-state index in [0.29, 0.717) is 12.1 Å². The molecule has 1 aromatic carbocycles. The lowest BCUT2D eigenvalue weighted by molar-refractivity contribution is -0.383. The maximum atomic E-state index is 11.6. The van der Waals surface area contributed by atoms with Crippen molar-refractivity contribution in [3.8, 4) is 0 Å². The number of ether oxygens (including phenoxy) is 1. The average Bonchev–Trinajstić information content (AvgIpc) is 2.71. The van der Waals surface area contributed by atoms with Crippen LogP contribution in [0.4, 0.5) is 33.5 Å². The fourth-order valence-corrected chi connectivity index (χ4v) is 2.65. The van der Waals surface area contributed by atoms with Crippen LogP contribution in [0.25, 0.3) is 0 Å². The maximum Gasteiger partial charge on any atom is 0.412 e. The molecule has 1 aromatic heterocycles. The molecule has 2 aromatic rings. The van der Waals surface area contributed by atoms with Gasteiger partial charge in [-0.15, -0.1) is 0 Å². The first-order valence-electron chi connectivity index (χ1n) is 9.06. The lowest BCUT2D eigenvalue weighted by Crippen LogP contribution is -2.23. The summed E-state index contributed by atoms with van der Waals surface area (Å²) in [7, 11) is 1.85. The van der Waals surface area contributed by atoms with E-state index in [9.17, 15) is 20.0 Å². The molecule has 0 aliphatic rings. The summed E-state index contributed by atoms with van der Waals surface area (Å²) in [6.45, 7) is 2.25. The number of likely N-dealkylation sites (N-methyl/N-ethyl adjacent to an activating group) is 1. The molecule has 160 valence electrons. The molecule has 0 radical (unpaired) electrons. The van der Waals surface area contributed by atoms with Gasteiger partial charge in [0.05, 0.1) is 17.8 Å². The van der Waals surface area contributed by atoms with E-state index >= 15 is 0 Å². The molecule has 5 N–H and O–H groups in total. The number of pyridine rings is 1. The van der Waals surface area contributed by atoms with E-state index in [1.165, 1.54) is 6.07 Å². The Kier molecular flexibility index (Phi) is 7.80. The zero-order valence-corrected chi connectivity index (χ0v) is 16.7. The number of aliphatic hydroxyl groups is 1. The largest absolute Gasteiger partial charge is 0.516 e. The predicted octanol–water partition coefficient (Wildman–Crippen LogP) is 3.13. The van der Waals surface area contributed by atoms with E-state index in [1.807, 2.05) is 42.3 Å². The molecule has 0 unspecified atom stereocenters. The molecule has 30 heavy (non-hydrogen) atoms. The predicted molar refractivity (Wildman–Crippen MR) is 115 cm³/mol. The molecule has 0 spiro atoms. The summed E-state index contributed by atoms with van der Waals surface area (Å²) in [5, 5.41) is 26.2. The Labute approximate surface area is 173 Å². The highest BCUT2D eigenvalue weighted by Gasteiger charge is 2.22. The normalized spacial score (nSPS) is 10.9. The number of amides is 1. The summed E-state index contributed by atoms with van der Waals surface area (Å²) < 4.78 is 4.77. The minimum Gasteiger partial charge on any atom is -0.516 e. The minimum atomic E-state index is -0.760. The fraction of sp³-hybridized carbons (Fsp3) is 0.263. The highest BCUT2D eigenvalue weighted by Crippen LogP contribution is 2.32. The monoisotopic (exact) mass is 416 g/mol. The Morgan fingerprint density at radius 3 is 2.70 bits per heavy atom. The fourth-order valence-electron chi connectivity index (χ4n) is 2.65. The molecular weight excluding hydrogens is 392 g/mol.